The zero-order valence-electron chi connectivity index (χ0n) is 18.4. The molecule has 1 aliphatic rings. The van der Waals surface area contributed by atoms with Crippen molar-refractivity contribution in [1.82, 2.24) is 14.8 Å². The molecule has 8 heteroatoms. The van der Waals surface area contributed by atoms with E-state index in [2.05, 4.69) is 22.8 Å². The predicted octanol–water partition coefficient (Wildman–Crippen LogP) is 6.15. The second kappa shape index (κ2) is 9.75. The molecule has 0 radical (unpaired) electrons. The van der Waals surface area contributed by atoms with Gasteiger partial charge in [0, 0.05) is 27.7 Å². The molecule has 3 aromatic carbocycles. The zero-order chi connectivity index (χ0) is 23.5. The average Bonchev–Trinajstić information content (AvgIpc) is 3.26. The predicted molar refractivity (Wildman–Crippen MR) is 137 cm³/mol. The smallest absolute Gasteiger partial charge is 0.255 e. The van der Waals surface area contributed by atoms with Crippen LogP contribution in [0.4, 0.5) is 11.6 Å². The van der Waals surface area contributed by atoms with Crippen molar-refractivity contribution in [3.8, 4) is 0 Å². The van der Waals surface area contributed by atoms with Gasteiger partial charge in [-0.3, -0.25) is 4.79 Å². The minimum absolute atomic E-state index is 0.222. The Hall–Kier alpha value is -3.55. The van der Waals surface area contributed by atoms with Gasteiger partial charge in [0.25, 0.3) is 5.91 Å². The summed E-state index contributed by atoms with van der Waals surface area (Å²) in [6.45, 7) is 1.87. The first kappa shape index (κ1) is 22.3. The molecule has 34 heavy (non-hydrogen) atoms. The average molecular weight is 488 g/mol. The van der Waals surface area contributed by atoms with Crippen molar-refractivity contribution in [3.63, 3.8) is 0 Å². The number of carbonyl (C=O) groups is 1. The summed E-state index contributed by atoms with van der Waals surface area (Å²) in [5, 5.41) is 12.2. The lowest BCUT2D eigenvalue weighted by atomic mass is 9.95. The molecule has 0 unspecified atom stereocenters. The third-order valence-corrected chi connectivity index (χ3v) is 6.77. The van der Waals surface area contributed by atoms with Crippen LogP contribution in [0.1, 0.15) is 24.1 Å². The van der Waals surface area contributed by atoms with Gasteiger partial charge in [-0.05, 0) is 30.7 Å². The van der Waals surface area contributed by atoms with Gasteiger partial charge in [-0.15, -0.1) is 5.10 Å². The second-order valence-electron chi connectivity index (χ2n) is 7.84. The number of nitrogens with zero attached hydrogens (tertiary/aromatic N) is 3. The highest BCUT2D eigenvalue weighted by molar-refractivity contribution is 7.98. The normalized spacial score (nSPS) is 14.9. The van der Waals surface area contributed by atoms with Crippen LogP contribution in [0, 0.1) is 0 Å². The van der Waals surface area contributed by atoms with E-state index < -0.39 is 6.04 Å². The molecule has 6 nitrogen and oxygen atoms in total. The number of benzene rings is 3. The van der Waals surface area contributed by atoms with Gasteiger partial charge in [0.1, 0.15) is 6.04 Å². The summed E-state index contributed by atoms with van der Waals surface area (Å²) < 4.78 is 1.75. The molecular weight excluding hydrogens is 466 g/mol. The Labute approximate surface area is 207 Å². The van der Waals surface area contributed by atoms with Crippen molar-refractivity contribution in [2.45, 2.75) is 23.9 Å². The van der Waals surface area contributed by atoms with Crippen LogP contribution >= 0.6 is 23.4 Å². The van der Waals surface area contributed by atoms with E-state index in [1.54, 1.807) is 16.4 Å². The number of hydrogen-bond donors (Lipinski definition) is 2. The number of carbonyl (C=O) groups excluding carboxylic acids is 1. The molecule has 0 bridgehead atoms. The third-order valence-electron chi connectivity index (χ3n) is 5.52. The number of halogens is 1. The number of hydrogen-bond acceptors (Lipinski definition) is 5. The van der Waals surface area contributed by atoms with Crippen molar-refractivity contribution in [2.75, 3.05) is 10.6 Å². The molecule has 0 fully saturated rings. The summed E-state index contributed by atoms with van der Waals surface area (Å²) in [5.41, 5.74) is 3.93. The van der Waals surface area contributed by atoms with Gasteiger partial charge in [0.05, 0.1) is 5.57 Å². The van der Waals surface area contributed by atoms with E-state index in [0.29, 0.717) is 33.1 Å². The van der Waals surface area contributed by atoms with Crippen LogP contribution < -0.4 is 10.6 Å². The minimum atomic E-state index is -0.521. The van der Waals surface area contributed by atoms with Crippen molar-refractivity contribution >= 4 is 40.9 Å². The van der Waals surface area contributed by atoms with Crippen LogP contribution in [0.15, 0.2) is 101 Å². The lowest BCUT2D eigenvalue weighted by Crippen LogP contribution is -2.31. The van der Waals surface area contributed by atoms with E-state index in [4.69, 9.17) is 21.7 Å². The Morgan fingerprint density at radius 2 is 1.71 bits per heavy atom. The van der Waals surface area contributed by atoms with Gasteiger partial charge in [0.15, 0.2) is 0 Å². The van der Waals surface area contributed by atoms with Crippen molar-refractivity contribution < 1.29 is 4.79 Å². The summed E-state index contributed by atoms with van der Waals surface area (Å²) in [6, 6.07) is 26.6. The summed E-state index contributed by atoms with van der Waals surface area (Å²) in [4.78, 5) is 18.2. The Kier molecular flexibility index (Phi) is 6.38. The fraction of sp³-hybridized carbons (Fsp3) is 0.115. The molecule has 5 rings (SSSR count). The number of anilines is 2. The molecule has 170 valence electrons. The topological polar surface area (TPSA) is 71.8 Å². The first-order chi connectivity index (χ1) is 16.6. The lowest BCUT2D eigenvalue weighted by molar-refractivity contribution is -0.113. The molecule has 1 aliphatic heterocycles. The van der Waals surface area contributed by atoms with Gasteiger partial charge < -0.3 is 10.6 Å². The second-order valence-corrected chi connectivity index (χ2v) is 9.19. The molecule has 4 aromatic rings. The van der Waals surface area contributed by atoms with Crippen LogP contribution in [0.5, 0.6) is 0 Å². The van der Waals surface area contributed by atoms with Gasteiger partial charge >= 0.3 is 0 Å². The van der Waals surface area contributed by atoms with Crippen molar-refractivity contribution in [1.29, 1.82) is 0 Å². The summed E-state index contributed by atoms with van der Waals surface area (Å²) in [5.74, 6) is 1.10. The maximum Gasteiger partial charge on any atom is 0.255 e. The highest BCUT2D eigenvalue weighted by Gasteiger charge is 2.35. The molecule has 2 heterocycles. The largest absolute Gasteiger partial charge is 0.328 e. The van der Waals surface area contributed by atoms with Crippen LogP contribution in [0.3, 0.4) is 0 Å². The number of rotatable bonds is 6. The molecule has 0 spiro atoms. The number of para-hydroxylation sites is 1. The quantitative estimate of drug-likeness (QED) is 0.319. The van der Waals surface area contributed by atoms with E-state index >= 15 is 0 Å². The molecule has 2 N–H and O–H groups in total. The number of thioether (sulfide) groups is 1. The molecule has 0 saturated heterocycles. The lowest BCUT2D eigenvalue weighted by Gasteiger charge is -2.29. The maximum atomic E-state index is 13.5. The van der Waals surface area contributed by atoms with Gasteiger partial charge in [0.2, 0.25) is 11.1 Å². The Morgan fingerprint density at radius 3 is 2.44 bits per heavy atom. The van der Waals surface area contributed by atoms with Gasteiger partial charge in [-0.25, -0.2) is 4.68 Å². The molecule has 1 aromatic heterocycles. The number of allylic oxidation sites excluding steroid dienone is 1. The molecule has 0 aliphatic carbocycles. The standard InChI is InChI=1S/C26H22ClN5OS/c1-17-22(24(33)29-19-12-6-3-7-13-19)23(20-14-8-9-15-21(20)27)32-25(28-17)30-26(31-32)34-16-18-10-4-2-5-11-18/h2-15,23H,16H2,1H3,(H,29,33)(H,28,30,31)/t23-/m0/s1. The number of aromatic nitrogens is 3. The van der Waals surface area contributed by atoms with E-state index in [-0.39, 0.29) is 5.91 Å². The Morgan fingerprint density at radius 1 is 1.03 bits per heavy atom. The highest BCUT2D eigenvalue weighted by atomic mass is 35.5. The first-order valence-corrected chi connectivity index (χ1v) is 12.2. The summed E-state index contributed by atoms with van der Waals surface area (Å²) >= 11 is 8.16. The highest BCUT2D eigenvalue weighted by Crippen LogP contribution is 2.39. The number of fused-ring (bicyclic) bond motifs is 1. The first-order valence-electron chi connectivity index (χ1n) is 10.8. The Balaban J connectivity index is 1.51. The van der Waals surface area contributed by atoms with E-state index in [0.717, 1.165) is 11.3 Å². The van der Waals surface area contributed by atoms with Crippen LogP contribution in [-0.4, -0.2) is 20.7 Å². The number of nitrogens with one attached hydrogen (secondary N) is 2. The van der Waals surface area contributed by atoms with Crippen LogP contribution in [-0.2, 0) is 10.5 Å². The molecule has 1 atom stereocenters. The number of amides is 1. The van der Waals surface area contributed by atoms with Crippen molar-refractivity contribution in [3.05, 3.63) is 112 Å². The van der Waals surface area contributed by atoms with Crippen molar-refractivity contribution in [2.24, 2.45) is 0 Å². The molecule has 1 amide bonds. The zero-order valence-corrected chi connectivity index (χ0v) is 20.0. The Bertz CT molecular complexity index is 1350. The fourth-order valence-corrected chi connectivity index (χ4v) is 4.94. The third kappa shape index (κ3) is 4.58. The van der Waals surface area contributed by atoms with Crippen LogP contribution in [0.25, 0.3) is 0 Å². The van der Waals surface area contributed by atoms with E-state index in [1.807, 2.05) is 79.7 Å². The SMILES string of the molecule is CC1=C(C(=O)Nc2ccccc2)[C@H](c2ccccc2Cl)n2nc(SCc3ccccc3)nc2N1. The van der Waals surface area contributed by atoms with E-state index in [9.17, 15) is 4.79 Å². The maximum absolute atomic E-state index is 13.5. The molecular formula is C26H22ClN5OS. The van der Waals surface area contributed by atoms with Gasteiger partial charge in [-0.2, -0.15) is 4.98 Å². The minimum Gasteiger partial charge on any atom is -0.328 e. The summed E-state index contributed by atoms with van der Waals surface area (Å²) in [7, 11) is 0. The summed E-state index contributed by atoms with van der Waals surface area (Å²) in [6.07, 6.45) is 0. The van der Waals surface area contributed by atoms with Gasteiger partial charge in [-0.1, -0.05) is 90.1 Å². The van der Waals surface area contributed by atoms with Crippen LogP contribution in [0.2, 0.25) is 5.02 Å². The fourth-order valence-electron chi connectivity index (χ4n) is 3.91. The molecule has 0 saturated carbocycles. The monoisotopic (exact) mass is 487 g/mol. The van der Waals surface area contributed by atoms with E-state index in [1.165, 1.54) is 5.56 Å².